The second-order valence-electron chi connectivity index (χ2n) is 3.27. The van der Waals surface area contributed by atoms with Crippen molar-refractivity contribution in [2.45, 2.75) is 12.4 Å². The van der Waals surface area contributed by atoms with E-state index in [9.17, 15) is 0 Å². The summed E-state index contributed by atoms with van der Waals surface area (Å²) < 4.78 is 16.2. The Hall–Kier alpha value is -0.900. The fraction of sp³-hybridized carbons (Fsp3) is 0.455. The van der Waals surface area contributed by atoms with Crippen LogP contribution in [0.25, 0.3) is 0 Å². The molecule has 0 unspecified atom stereocenters. The molecule has 0 atom stereocenters. The van der Waals surface area contributed by atoms with Crippen molar-refractivity contribution in [3.63, 3.8) is 0 Å². The van der Waals surface area contributed by atoms with Gasteiger partial charge in [0.05, 0.1) is 13.2 Å². The summed E-state index contributed by atoms with van der Waals surface area (Å²) in [6.45, 7) is 1.19. The van der Waals surface area contributed by atoms with Crippen molar-refractivity contribution in [1.82, 2.24) is 0 Å². The number of rotatable bonds is 2. The van der Waals surface area contributed by atoms with Crippen LogP contribution in [0.15, 0.2) is 30.3 Å². The summed E-state index contributed by atoms with van der Waals surface area (Å²) in [4.78, 5) is 0. The Balaban J connectivity index is 1.96. The molecule has 0 saturated carbocycles. The van der Waals surface area contributed by atoms with Crippen molar-refractivity contribution in [3.8, 4) is 0 Å². The number of hydrogen-bond donors (Lipinski definition) is 0. The summed E-state index contributed by atoms with van der Waals surface area (Å²) in [5.74, 6) is 0. The average Bonchev–Trinajstić information content (AvgIpc) is 2.30. The molecule has 1 aromatic rings. The molecular weight excluding hydrogens is 180 g/mol. The van der Waals surface area contributed by atoms with E-state index < -0.39 is 0 Å². The van der Waals surface area contributed by atoms with Crippen molar-refractivity contribution in [2.75, 3.05) is 20.3 Å². The van der Waals surface area contributed by atoms with Crippen LogP contribution in [0.4, 0.5) is 0 Å². The van der Waals surface area contributed by atoms with E-state index in [4.69, 9.17) is 14.2 Å². The first kappa shape index (κ1) is 9.65. The van der Waals surface area contributed by atoms with Gasteiger partial charge in [-0.1, -0.05) is 30.3 Å². The normalized spacial score (nSPS) is 27.5. The van der Waals surface area contributed by atoms with Gasteiger partial charge in [0, 0.05) is 12.7 Å². The molecular formula is C11H14O3. The molecule has 1 saturated heterocycles. The summed E-state index contributed by atoms with van der Waals surface area (Å²) in [7, 11) is 1.67. The second kappa shape index (κ2) is 4.55. The van der Waals surface area contributed by atoms with E-state index in [0.29, 0.717) is 13.2 Å². The maximum absolute atomic E-state index is 5.52. The third kappa shape index (κ3) is 2.12. The van der Waals surface area contributed by atoms with E-state index in [0.717, 1.165) is 5.56 Å². The molecule has 1 aliphatic rings. The maximum atomic E-state index is 5.52. The molecule has 0 radical (unpaired) electrons. The van der Waals surface area contributed by atoms with Crippen LogP contribution in [0.2, 0.25) is 0 Å². The highest BCUT2D eigenvalue weighted by Crippen LogP contribution is 2.22. The van der Waals surface area contributed by atoms with Gasteiger partial charge in [-0.2, -0.15) is 0 Å². The van der Waals surface area contributed by atoms with Gasteiger partial charge >= 0.3 is 0 Å². The lowest BCUT2D eigenvalue weighted by Gasteiger charge is -2.28. The first-order valence-electron chi connectivity index (χ1n) is 4.71. The lowest BCUT2D eigenvalue weighted by molar-refractivity contribution is -0.225. The van der Waals surface area contributed by atoms with Crippen LogP contribution >= 0.6 is 0 Å². The van der Waals surface area contributed by atoms with Crippen LogP contribution in [0.3, 0.4) is 0 Å². The van der Waals surface area contributed by atoms with E-state index in [1.165, 1.54) is 0 Å². The molecule has 0 amide bonds. The Bertz CT molecular complexity index is 265. The van der Waals surface area contributed by atoms with Gasteiger partial charge < -0.3 is 14.2 Å². The Morgan fingerprint density at radius 3 is 2.36 bits per heavy atom. The highest BCUT2D eigenvalue weighted by molar-refractivity contribution is 5.16. The van der Waals surface area contributed by atoms with Crippen molar-refractivity contribution in [1.29, 1.82) is 0 Å². The molecule has 14 heavy (non-hydrogen) atoms. The molecule has 76 valence electrons. The molecule has 1 aliphatic heterocycles. The lowest BCUT2D eigenvalue weighted by atomic mass is 10.2. The molecule has 1 heterocycles. The predicted octanol–water partition coefficient (Wildman–Crippen LogP) is 1.75. The Morgan fingerprint density at radius 2 is 1.79 bits per heavy atom. The highest BCUT2D eigenvalue weighted by atomic mass is 16.7. The third-order valence-electron chi connectivity index (χ3n) is 2.27. The minimum Gasteiger partial charge on any atom is -0.377 e. The van der Waals surface area contributed by atoms with Crippen molar-refractivity contribution in [2.24, 2.45) is 0 Å². The molecule has 0 aromatic heterocycles. The van der Waals surface area contributed by atoms with Gasteiger partial charge in [0.15, 0.2) is 6.29 Å². The lowest BCUT2D eigenvalue weighted by Crippen LogP contribution is -2.32. The van der Waals surface area contributed by atoms with Crippen molar-refractivity contribution < 1.29 is 14.2 Å². The summed E-state index contributed by atoms with van der Waals surface area (Å²) >= 11 is 0. The molecule has 1 aromatic carbocycles. The third-order valence-corrected chi connectivity index (χ3v) is 2.27. The summed E-state index contributed by atoms with van der Waals surface area (Å²) in [6, 6.07) is 9.93. The fourth-order valence-corrected chi connectivity index (χ4v) is 1.42. The van der Waals surface area contributed by atoms with Crippen molar-refractivity contribution >= 4 is 0 Å². The number of hydrogen-bond acceptors (Lipinski definition) is 3. The van der Waals surface area contributed by atoms with Crippen LogP contribution < -0.4 is 0 Å². The largest absolute Gasteiger partial charge is 0.377 e. The van der Waals surface area contributed by atoms with E-state index in [2.05, 4.69) is 0 Å². The SMILES string of the molecule is CO[C@H]1CO[C@@H](c2ccccc2)OC1. The topological polar surface area (TPSA) is 27.7 Å². The van der Waals surface area contributed by atoms with Crippen LogP contribution in [-0.4, -0.2) is 26.4 Å². The molecule has 2 rings (SSSR count). The van der Waals surface area contributed by atoms with Crippen LogP contribution in [0.1, 0.15) is 11.9 Å². The van der Waals surface area contributed by atoms with Gasteiger partial charge in [0.25, 0.3) is 0 Å². The molecule has 1 fully saturated rings. The molecule has 0 spiro atoms. The van der Waals surface area contributed by atoms with Crippen LogP contribution in [0.5, 0.6) is 0 Å². The Labute approximate surface area is 83.6 Å². The van der Waals surface area contributed by atoms with Crippen LogP contribution in [0, 0.1) is 0 Å². The first-order valence-corrected chi connectivity index (χ1v) is 4.71. The first-order chi connectivity index (χ1) is 6.90. The van der Waals surface area contributed by atoms with Gasteiger partial charge in [-0.25, -0.2) is 0 Å². The van der Waals surface area contributed by atoms with Gasteiger partial charge in [-0.05, 0) is 0 Å². The molecule has 3 heteroatoms. The summed E-state index contributed by atoms with van der Waals surface area (Å²) in [5, 5.41) is 0. The fourth-order valence-electron chi connectivity index (χ4n) is 1.42. The molecule has 3 nitrogen and oxygen atoms in total. The second-order valence-corrected chi connectivity index (χ2v) is 3.27. The van der Waals surface area contributed by atoms with E-state index in [1.54, 1.807) is 7.11 Å². The molecule has 0 aliphatic carbocycles. The quantitative estimate of drug-likeness (QED) is 0.717. The van der Waals surface area contributed by atoms with Gasteiger partial charge in [-0.15, -0.1) is 0 Å². The summed E-state index contributed by atoms with van der Waals surface area (Å²) in [5.41, 5.74) is 1.06. The summed E-state index contributed by atoms with van der Waals surface area (Å²) in [6.07, 6.45) is -0.169. The van der Waals surface area contributed by atoms with E-state index in [1.807, 2.05) is 30.3 Å². The van der Waals surface area contributed by atoms with E-state index in [-0.39, 0.29) is 12.4 Å². The Kier molecular flexibility index (Phi) is 3.14. The zero-order chi connectivity index (χ0) is 9.80. The molecule has 0 bridgehead atoms. The minimum absolute atomic E-state index is 0.0648. The predicted molar refractivity (Wildman–Crippen MR) is 51.9 cm³/mol. The average molecular weight is 194 g/mol. The minimum atomic E-state index is -0.234. The zero-order valence-electron chi connectivity index (χ0n) is 8.18. The van der Waals surface area contributed by atoms with Crippen LogP contribution in [-0.2, 0) is 14.2 Å². The monoisotopic (exact) mass is 194 g/mol. The standard InChI is InChI=1S/C11H14O3/c1-12-10-7-13-11(14-8-10)9-5-3-2-4-6-9/h2-6,10-11H,7-8H2,1H3/t10-,11+. The highest BCUT2D eigenvalue weighted by Gasteiger charge is 2.22. The number of benzene rings is 1. The smallest absolute Gasteiger partial charge is 0.184 e. The zero-order valence-corrected chi connectivity index (χ0v) is 8.18. The van der Waals surface area contributed by atoms with Gasteiger partial charge in [-0.3, -0.25) is 0 Å². The van der Waals surface area contributed by atoms with Gasteiger partial charge in [0.1, 0.15) is 6.10 Å². The number of ether oxygens (including phenoxy) is 3. The van der Waals surface area contributed by atoms with Crippen molar-refractivity contribution in [3.05, 3.63) is 35.9 Å². The van der Waals surface area contributed by atoms with Gasteiger partial charge in [0.2, 0.25) is 0 Å². The maximum Gasteiger partial charge on any atom is 0.184 e. The molecule has 0 N–H and O–H groups in total. The van der Waals surface area contributed by atoms with E-state index >= 15 is 0 Å². The number of methoxy groups -OCH3 is 1. The Morgan fingerprint density at radius 1 is 1.14 bits per heavy atom.